The van der Waals surface area contributed by atoms with Gasteiger partial charge in [0.25, 0.3) is 0 Å². The van der Waals surface area contributed by atoms with Gasteiger partial charge < -0.3 is 0 Å². The van der Waals surface area contributed by atoms with Crippen molar-refractivity contribution in [3.05, 3.63) is 29.1 Å². The summed E-state index contributed by atoms with van der Waals surface area (Å²) in [6.45, 7) is 1.89. The maximum atomic E-state index is 11.9. The Kier molecular flexibility index (Phi) is 2.71. The van der Waals surface area contributed by atoms with Gasteiger partial charge in [-0.1, -0.05) is 11.6 Å². The van der Waals surface area contributed by atoms with Crippen LogP contribution in [0.3, 0.4) is 0 Å². The lowest BCUT2D eigenvalue weighted by atomic mass is 10.0. The molecule has 0 saturated heterocycles. The summed E-state index contributed by atoms with van der Waals surface area (Å²) in [5.41, 5.74) is 2.90. The summed E-state index contributed by atoms with van der Waals surface area (Å²) in [6.07, 6.45) is 8.01. The van der Waals surface area contributed by atoms with Crippen molar-refractivity contribution in [3.63, 3.8) is 0 Å². The molecular formula is C12H16N2O. The van der Waals surface area contributed by atoms with Gasteiger partial charge in [0.05, 0.1) is 11.3 Å². The summed E-state index contributed by atoms with van der Waals surface area (Å²) in [7, 11) is 1.85. The van der Waals surface area contributed by atoms with Gasteiger partial charge in [-0.3, -0.25) is 9.48 Å². The molecule has 0 saturated carbocycles. The minimum atomic E-state index is 0.203. The highest BCUT2D eigenvalue weighted by atomic mass is 16.1. The maximum absolute atomic E-state index is 11.9. The van der Waals surface area contributed by atoms with Gasteiger partial charge in [-0.05, 0) is 26.2 Å². The smallest absolute Gasteiger partial charge is 0.170 e. The van der Waals surface area contributed by atoms with E-state index in [0.29, 0.717) is 6.42 Å². The molecule has 15 heavy (non-hydrogen) atoms. The lowest BCUT2D eigenvalue weighted by molar-refractivity contribution is 0.0991. The first-order valence-electron chi connectivity index (χ1n) is 5.38. The molecule has 0 unspecified atom stereocenters. The summed E-state index contributed by atoms with van der Waals surface area (Å²) >= 11 is 0. The van der Waals surface area contributed by atoms with Gasteiger partial charge in [-0.25, -0.2) is 0 Å². The number of aryl methyl sites for hydroxylation is 2. The number of ketones is 1. The number of Topliss-reactive ketones (excluding diaryl/α,β-unsaturated/α-hetero) is 1. The maximum Gasteiger partial charge on any atom is 0.170 e. The Hall–Kier alpha value is -1.38. The van der Waals surface area contributed by atoms with Crippen molar-refractivity contribution in [2.24, 2.45) is 7.05 Å². The van der Waals surface area contributed by atoms with Gasteiger partial charge >= 0.3 is 0 Å². The molecule has 2 rings (SSSR count). The predicted octanol–water partition coefficient (Wildman–Crippen LogP) is 2.41. The van der Waals surface area contributed by atoms with Gasteiger partial charge in [-0.2, -0.15) is 5.10 Å². The first-order valence-corrected chi connectivity index (χ1v) is 5.38. The minimum Gasteiger partial charge on any atom is -0.294 e. The first kappa shape index (κ1) is 10.1. The monoisotopic (exact) mass is 204 g/mol. The molecule has 0 bridgehead atoms. The standard InChI is InChI=1S/C12H16N2O/c1-9-11(8-14(2)13-9)12(15)7-10-5-3-4-6-10/h5,8H,3-4,6-7H2,1-2H3. The summed E-state index contributed by atoms with van der Waals surface area (Å²) in [6, 6.07) is 0. The van der Waals surface area contributed by atoms with E-state index in [1.165, 1.54) is 12.0 Å². The van der Waals surface area contributed by atoms with E-state index in [1.54, 1.807) is 4.68 Å². The minimum absolute atomic E-state index is 0.203. The lowest BCUT2D eigenvalue weighted by Crippen LogP contribution is -2.00. The van der Waals surface area contributed by atoms with Crippen LogP contribution >= 0.6 is 0 Å². The number of allylic oxidation sites excluding steroid dienone is 2. The highest BCUT2D eigenvalue weighted by Crippen LogP contribution is 2.22. The molecule has 0 atom stereocenters. The lowest BCUT2D eigenvalue weighted by Gasteiger charge is -1.99. The molecule has 0 N–H and O–H groups in total. The number of rotatable bonds is 3. The molecule has 3 heteroatoms. The van der Waals surface area contributed by atoms with E-state index in [9.17, 15) is 4.79 Å². The van der Waals surface area contributed by atoms with Crippen molar-refractivity contribution >= 4 is 5.78 Å². The van der Waals surface area contributed by atoms with Crippen LogP contribution in [0.5, 0.6) is 0 Å². The summed E-state index contributed by atoms with van der Waals surface area (Å²) in [4.78, 5) is 11.9. The van der Waals surface area contributed by atoms with Gasteiger partial charge in [0.2, 0.25) is 0 Å². The number of carbonyl (C=O) groups is 1. The normalized spacial score (nSPS) is 15.5. The second kappa shape index (κ2) is 4.01. The van der Waals surface area contributed by atoms with Crippen LogP contribution < -0.4 is 0 Å². The van der Waals surface area contributed by atoms with Crippen LogP contribution in [0.2, 0.25) is 0 Å². The number of hydrogen-bond acceptors (Lipinski definition) is 2. The van der Waals surface area contributed by atoms with Crippen LogP contribution in [0.1, 0.15) is 41.7 Å². The Morgan fingerprint density at radius 2 is 2.40 bits per heavy atom. The molecular weight excluding hydrogens is 188 g/mol. The van der Waals surface area contributed by atoms with E-state index < -0.39 is 0 Å². The largest absolute Gasteiger partial charge is 0.294 e. The fourth-order valence-corrected chi connectivity index (χ4v) is 2.07. The van der Waals surface area contributed by atoms with Crippen molar-refractivity contribution in [2.75, 3.05) is 0 Å². The molecule has 1 heterocycles. The van der Waals surface area contributed by atoms with Crippen LogP contribution in [0.4, 0.5) is 0 Å². The van der Waals surface area contributed by atoms with Gasteiger partial charge in [0.1, 0.15) is 0 Å². The Balaban J connectivity index is 2.10. The van der Waals surface area contributed by atoms with E-state index in [-0.39, 0.29) is 5.78 Å². The number of hydrogen-bond donors (Lipinski definition) is 0. The quantitative estimate of drug-likeness (QED) is 0.559. The number of nitrogens with zero attached hydrogens (tertiary/aromatic N) is 2. The van der Waals surface area contributed by atoms with E-state index in [0.717, 1.165) is 24.1 Å². The molecule has 1 aliphatic rings. The Bertz CT molecular complexity index is 415. The van der Waals surface area contributed by atoms with Crippen LogP contribution in [-0.2, 0) is 7.05 Å². The average Bonchev–Trinajstić information content (AvgIpc) is 2.75. The molecule has 0 fully saturated rings. The predicted molar refractivity (Wildman–Crippen MR) is 58.8 cm³/mol. The van der Waals surface area contributed by atoms with Gasteiger partial charge in [0, 0.05) is 19.7 Å². The van der Waals surface area contributed by atoms with E-state index in [4.69, 9.17) is 0 Å². The third-order valence-electron chi connectivity index (χ3n) is 2.84. The second-order valence-corrected chi connectivity index (χ2v) is 4.16. The van der Waals surface area contributed by atoms with Crippen molar-refractivity contribution in [3.8, 4) is 0 Å². The number of carbonyl (C=O) groups excluding carboxylic acids is 1. The first-order chi connectivity index (χ1) is 7.16. The Morgan fingerprint density at radius 1 is 1.60 bits per heavy atom. The molecule has 0 spiro atoms. The van der Waals surface area contributed by atoms with E-state index in [2.05, 4.69) is 11.2 Å². The van der Waals surface area contributed by atoms with Crippen molar-refractivity contribution in [2.45, 2.75) is 32.6 Å². The Morgan fingerprint density at radius 3 is 2.93 bits per heavy atom. The molecule has 1 aliphatic carbocycles. The van der Waals surface area contributed by atoms with Crippen molar-refractivity contribution in [1.82, 2.24) is 9.78 Å². The van der Waals surface area contributed by atoms with Crippen molar-refractivity contribution in [1.29, 1.82) is 0 Å². The van der Waals surface area contributed by atoms with E-state index in [1.807, 2.05) is 20.2 Å². The molecule has 80 valence electrons. The zero-order valence-corrected chi connectivity index (χ0v) is 9.29. The third-order valence-corrected chi connectivity index (χ3v) is 2.84. The average molecular weight is 204 g/mol. The third kappa shape index (κ3) is 2.17. The summed E-state index contributed by atoms with van der Waals surface area (Å²) < 4.78 is 1.70. The topological polar surface area (TPSA) is 34.9 Å². The Labute approximate surface area is 89.8 Å². The molecule has 0 amide bonds. The van der Waals surface area contributed by atoms with Crippen LogP contribution in [-0.4, -0.2) is 15.6 Å². The zero-order valence-electron chi connectivity index (χ0n) is 9.29. The molecule has 3 nitrogen and oxygen atoms in total. The van der Waals surface area contributed by atoms with Gasteiger partial charge in [-0.15, -0.1) is 0 Å². The van der Waals surface area contributed by atoms with Crippen LogP contribution in [0, 0.1) is 6.92 Å². The second-order valence-electron chi connectivity index (χ2n) is 4.16. The van der Waals surface area contributed by atoms with Gasteiger partial charge in [0.15, 0.2) is 5.78 Å². The SMILES string of the molecule is Cc1nn(C)cc1C(=O)CC1=CCCC1. The molecule has 1 aromatic heterocycles. The van der Waals surface area contributed by atoms with E-state index >= 15 is 0 Å². The van der Waals surface area contributed by atoms with Crippen LogP contribution in [0.15, 0.2) is 17.8 Å². The fraction of sp³-hybridized carbons (Fsp3) is 0.500. The van der Waals surface area contributed by atoms with Crippen molar-refractivity contribution < 1.29 is 4.79 Å². The number of aromatic nitrogens is 2. The summed E-state index contributed by atoms with van der Waals surface area (Å²) in [5.74, 6) is 0.203. The fourth-order valence-electron chi connectivity index (χ4n) is 2.07. The highest BCUT2D eigenvalue weighted by Gasteiger charge is 2.15. The zero-order chi connectivity index (χ0) is 10.8. The molecule has 0 radical (unpaired) electrons. The van der Waals surface area contributed by atoms with Crippen LogP contribution in [0.25, 0.3) is 0 Å². The molecule has 0 aromatic carbocycles. The molecule has 1 aromatic rings. The highest BCUT2D eigenvalue weighted by molar-refractivity contribution is 5.98. The summed E-state index contributed by atoms with van der Waals surface area (Å²) in [5, 5.41) is 4.18. The molecule has 0 aliphatic heterocycles.